The number of pyridine rings is 1. The Morgan fingerprint density at radius 1 is 1.59 bits per heavy atom. The lowest BCUT2D eigenvalue weighted by Crippen LogP contribution is -2.07. The number of aromatic nitrogens is 3. The molecule has 0 aliphatic carbocycles. The molecule has 4 N–H and O–H groups in total. The van der Waals surface area contributed by atoms with E-state index in [4.69, 9.17) is 15.9 Å². The Morgan fingerprint density at radius 3 is 2.88 bits per heavy atom. The van der Waals surface area contributed by atoms with Gasteiger partial charge in [-0.3, -0.25) is 0 Å². The third kappa shape index (κ3) is 1.70. The number of fused-ring (bicyclic) bond motifs is 1. The summed E-state index contributed by atoms with van der Waals surface area (Å²) in [5.41, 5.74) is 6.62. The van der Waals surface area contributed by atoms with Crippen LogP contribution in [0.15, 0.2) is 6.20 Å². The topological polar surface area (TPSA) is 114 Å². The number of nitrogens with two attached hydrogens (primary N) is 1. The summed E-state index contributed by atoms with van der Waals surface area (Å²) in [6.07, 6.45) is 1.20. The number of aliphatic hydroxyl groups is 1. The van der Waals surface area contributed by atoms with E-state index in [1.807, 2.05) is 0 Å². The van der Waals surface area contributed by atoms with Gasteiger partial charge in [0.15, 0.2) is 5.65 Å². The van der Waals surface area contributed by atoms with Gasteiger partial charge in [0.05, 0.1) is 12.3 Å². The number of aliphatic hydroxyl groups excluding tert-OH is 1. The highest BCUT2D eigenvalue weighted by Crippen LogP contribution is 2.23. The molecule has 7 heteroatoms. The number of hydrogen-bond donors (Lipinski definition) is 3. The molecule has 0 saturated carbocycles. The fraction of sp³-hybridized carbons (Fsp3) is 0.300. The van der Waals surface area contributed by atoms with Gasteiger partial charge in [0.1, 0.15) is 16.9 Å². The van der Waals surface area contributed by atoms with Gasteiger partial charge in [0.2, 0.25) is 0 Å². The van der Waals surface area contributed by atoms with Gasteiger partial charge in [-0.2, -0.15) is 0 Å². The molecule has 0 unspecified atom stereocenters. The predicted molar refractivity (Wildman–Crippen MR) is 60.7 cm³/mol. The van der Waals surface area contributed by atoms with Crippen molar-refractivity contribution in [3.63, 3.8) is 0 Å². The number of carboxylic acids is 1. The fourth-order valence-electron chi connectivity index (χ4n) is 1.73. The molecule has 0 spiro atoms. The maximum absolute atomic E-state index is 10.9. The Labute approximate surface area is 96.5 Å². The summed E-state index contributed by atoms with van der Waals surface area (Å²) in [4.78, 5) is 19.1. The van der Waals surface area contributed by atoms with Gasteiger partial charge < -0.3 is 20.5 Å². The molecule has 0 saturated heterocycles. The number of nitrogen functional groups attached to an aromatic ring is 1. The molecular weight excluding hydrogens is 224 g/mol. The van der Waals surface area contributed by atoms with Crippen LogP contribution in [-0.4, -0.2) is 37.3 Å². The van der Waals surface area contributed by atoms with Gasteiger partial charge in [0, 0.05) is 12.7 Å². The van der Waals surface area contributed by atoms with Gasteiger partial charge in [-0.05, 0) is 6.92 Å². The van der Waals surface area contributed by atoms with Crippen molar-refractivity contribution in [2.75, 3.05) is 12.3 Å². The van der Waals surface area contributed by atoms with Crippen LogP contribution in [0.25, 0.3) is 11.2 Å². The van der Waals surface area contributed by atoms with Gasteiger partial charge in [-0.1, -0.05) is 0 Å². The first-order valence-corrected chi connectivity index (χ1v) is 5.01. The summed E-state index contributed by atoms with van der Waals surface area (Å²) in [6.45, 7) is 2.05. The Morgan fingerprint density at radius 2 is 2.29 bits per heavy atom. The molecule has 7 nitrogen and oxygen atoms in total. The molecule has 0 fully saturated rings. The second-order valence-corrected chi connectivity index (χ2v) is 3.60. The molecule has 0 amide bonds. The van der Waals surface area contributed by atoms with Gasteiger partial charge >= 0.3 is 5.97 Å². The van der Waals surface area contributed by atoms with Crippen LogP contribution < -0.4 is 5.73 Å². The van der Waals surface area contributed by atoms with E-state index in [2.05, 4.69) is 9.97 Å². The molecule has 90 valence electrons. The van der Waals surface area contributed by atoms with Crippen molar-refractivity contribution in [3.05, 3.63) is 17.6 Å². The van der Waals surface area contributed by atoms with Crippen molar-refractivity contribution < 1.29 is 15.0 Å². The van der Waals surface area contributed by atoms with Crippen LogP contribution in [0.2, 0.25) is 0 Å². The number of carboxylic acid groups (broad SMARTS) is 1. The molecule has 0 aromatic carbocycles. The number of rotatable bonds is 3. The summed E-state index contributed by atoms with van der Waals surface area (Å²) in [5.74, 6) is -0.498. The summed E-state index contributed by atoms with van der Waals surface area (Å²) in [6, 6.07) is 0. The van der Waals surface area contributed by atoms with Crippen molar-refractivity contribution in [2.45, 2.75) is 13.5 Å². The van der Waals surface area contributed by atoms with Crippen LogP contribution in [0.4, 0.5) is 5.69 Å². The zero-order valence-corrected chi connectivity index (χ0v) is 9.21. The van der Waals surface area contributed by atoms with Crippen molar-refractivity contribution in [3.8, 4) is 0 Å². The van der Waals surface area contributed by atoms with E-state index in [9.17, 15) is 4.79 Å². The van der Waals surface area contributed by atoms with Crippen LogP contribution in [-0.2, 0) is 6.54 Å². The van der Waals surface area contributed by atoms with E-state index in [-0.39, 0.29) is 17.9 Å². The van der Waals surface area contributed by atoms with Crippen molar-refractivity contribution in [1.82, 2.24) is 14.5 Å². The minimum absolute atomic E-state index is 0.0471. The highest BCUT2D eigenvalue weighted by atomic mass is 16.4. The summed E-state index contributed by atoms with van der Waals surface area (Å²) >= 11 is 0. The highest BCUT2D eigenvalue weighted by molar-refractivity contribution is 6.01. The second-order valence-electron chi connectivity index (χ2n) is 3.60. The minimum atomic E-state index is -1.13. The van der Waals surface area contributed by atoms with Gasteiger partial charge in [0.25, 0.3) is 0 Å². The third-order valence-electron chi connectivity index (χ3n) is 2.55. The quantitative estimate of drug-likeness (QED) is 0.691. The molecule has 0 aliphatic rings. The van der Waals surface area contributed by atoms with E-state index in [0.717, 1.165) is 0 Å². The summed E-state index contributed by atoms with van der Waals surface area (Å²) < 4.78 is 1.69. The summed E-state index contributed by atoms with van der Waals surface area (Å²) in [7, 11) is 0. The molecule has 2 aromatic rings. The Balaban J connectivity index is 2.72. The molecule has 0 bridgehead atoms. The molecule has 0 aliphatic heterocycles. The maximum atomic E-state index is 10.9. The number of aromatic carboxylic acids is 1. The number of hydrogen-bond acceptors (Lipinski definition) is 5. The fourth-order valence-corrected chi connectivity index (χ4v) is 1.73. The summed E-state index contributed by atoms with van der Waals surface area (Å²) in [5, 5.41) is 17.8. The van der Waals surface area contributed by atoms with Crippen LogP contribution in [0.5, 0.6) is 0 Å². The first-order chi connectivity index (χ1) is 8.06. The van der Waals surface area contributed by atoms with E-state index in [0.29, 0.717) is 23.5 Å². The van der Waals surface area contributed by atoms with Crippen LogP contribution in [0.3, 0.4) is 0 Å². The van der Waals surface area contributed by atoms with Crippen molar-refractivity contribution >= 4 is 22.8 Å². The first-order valence-electron chi connectivity index (χ1n) is 5.01. The molecule has 0 radical (unpaired) electrons. The molecule has 17 heavy (non-hydrogen) atoms. The molecule has 2 rings (SSSR count). The lowest BCUT2D eigenvalue weighted by molar-refractivity contribution is 0.0697. The Bertz CT molecular complexity index is 591. The minimum Gasteiger partial charge on any atom is -0.478 e. The zero-order chi connectivity index (χ0) is 12.6. The Hall–Kier alpha value is -2.15. The molecule has 0 atom stereocenters. The number of aryl methyl sites for hydroxylation is 1. The average molecular weight is 236 g/mol. The molecule has 2 aromatic heterocycles. The van der Waals surface area contributed by atoms with E-state index in [1.165, 1.54) is 6.20 Å². The van der Waals surface area contributed by atoms with E-state index < -0.39 is 5.97 Å². The van der Waals surface area contributed by atoms with Crippen LogP contribution in [0, 0.1) is 6.92 Å². The molecular formula is C10H12N4O3. The monoisotopic (exact) mass is 236 g/mol. The van der Waals surface area contributed by atoms with Gasteiger partial charge in [-0.15, -0.1) is 0 Å². The lowest BCUT2D eigenvalue weighted by atomic mass is 10.2. The average Bonchev–Trinajstić information content (AvgIpc) is 2.58. The van der Waals surface area contributed by atoms with Gasteiger partial charge in [-0.25, -0.2) is 14.8 Å². The van der Waals surface area contributed by atoms with E-state index in [1.54, 1.807) is 11.5 Å². The maximum Gasteiger partial charge on any atom is 0.339 e. The Kier molecular flexibility index (Phi) is 2.68. The second kappa shape index (κ2) is 4.02. The van der Waals surface area contributed by atoms with Crippen LogP contribution >= 0.6 is 0 Å². The third-order valence-corrected chi connectivity index (χ3v) is 2.55. The predicted octanol–water partition coefficient (Wildman–Crippen LogP) is 0.0124. The molecule has 2 heterocycles. The smallest absolute Gasteiger partial charge is 0.339 e. The number of imidazole rings is 1. The van der Waals surface area contributed by atoms with E-state index >= 15 is 0 Å². The first kappa shape index (κ1) is 11.3. The van der Waals surface area contributed by atoms with Crippen LogP contribution in [0.1, 0.15) is 16.2 Å². The highest BCUT2D eigenvalue weighted by Gasteiger charge is 2.17. The lowest BCUT2D eigenvalue weighted by Gasteiger charge is -2.04. The normalized spacial score (nSPS) is 10.9. The zero-order valence-electron chi connectivity index (χ0n) is 9.21. The van der Waals surface area contributed by atoms with Crippen molar-refractivity contribution in [1.29, 1.82) is 0 Å². The van der Waals surface area contributed by atoms with Crippen molar-refractivity contribution in [2.24, 2.45) is 0 Å². The SMILES string of the molecule is Cc1nc2c(N)c(C(=O)O)cnc2n1CCO. The number of carbonyl (C=O) groups is 1. The largest absolute Gasteiger partial charge is 0.478 e. The number of anilines is 1. The number of nitrogens with zero attached hydrogens (tertiary/aromatic N) is 3. The standard InChI is InChI=1S/C10H12N4O3/c1-5-13-8-7(11)6(10(16)17)4-12-9(8)14(5)2-3-15/h4,15H,2-3H2,1H3,(H2,11,12)(H,16,17).